The number of benzene rings is 1. The maximum Gasteiger partial charge on any atom is 0.0921 e. The molecule has 1 aliphatic heterocycles. The number of H-pyrrole nitrogens is 1. The normalized spacial score (nSPS) is 15.9. The van der Waals surface area contributed by atoms with E-state index >= 15 is 0 Å². The van der Waals surface area contributed by atoms with E-state index in [9.17, 15) is 0 Å². The summed E-state index contributed by atoms with van der Waals surface area (Å²) in [5.74, 6) is 0.397. The van der Waals surface area contributed by atoms with Crippen LogP contribution in [0.25, 0.3) is 0 Å². The maximum atomic E-state index is 8.55. The molecule has 150 valence electrons. The summed E-state index contributed by atoms with van der Waals surface area (Å²) in [4.78, 5) is 7.44. The van der Waals surface area contributed by atoms with Gasteiger partial charge in [-0.25, -0.2) is 4.98 Å². The van der Waals surface area contributed by atoms with Gasteiger partial charge >= 0.3 is 0 Å². The first kappa shape index (κ1) is 22.0. The van der Waals surface area contributed by atoms with Gasteiger partial charge in [0, 0.05) is 36.3 Å². The fourth-order valence-corrected chi connectivity index (χ4v) is 3.76. The van der Waals surface area contributed by atoms with E-state index in [-0.39, 0.29) is 0 Å². The van der Waals surface area contributed by atoms with Gasteiger partial charge < -0.3 is 20.0 Å². The minimum atomic E-state index is 0.397. The van der Waals surface area contributed by atoms with Crippen molar-refractivity contribution in [2.45, 2.75) is 57.1 Å². The summed E-state index contributed by atoms with van der Waals surface area (Å²) in [5, 5.41) is 0.434. The minimum Gasteiger partial charge on any atom is -0.381 e. The highest BCUT2D eigenvalue weighted by atomic mass is 32.2. The van der Waals surface area contributed by atoms with Gasteiger partial charge in [-0.2, -0.15) is 0 Å². The highest BCUT2D eigenvalue weighted by molar-refractivity contribution is 7.94. The van der Waals surface area contributed by atoms with Crippen molar-refractivity contribution in [3.8, 4) is 0 Å². The van der Waals surface area contributed by atoms with E-state index in [1.165, 1.54) is 22.4 Å². The average molecular weight is 392 g/mol. The van der Waals surface area contributed by atoms with E-state index in [1.807, 2.05) is 6.20 Å². The van der Waals surface area contributed by atoms with Gasteiger partial charge in [-0.3, -0.25) is 0 Å². The van der Waals surface area contributed by atoms with Crippen molar-refractivity contribution >= 4 is 12.0 Å². The first-order valence-electron chi connectivity index (χ1n) is 9.79. The van der Waals surface area contributed by atoms with Crippen molar-refractivity contribution in [3.63, 3.8) is 0 Å². The molecule has 5 nitrogen and oxygen atoms in total. The van der Waals surface area contributed by atoms with Crippen molar-refractivity contribution in [2.75, 3.05) is 19.8 Å². The Hall–Kier alpha value is -1.34. The van der Waals surface area contributed by atoms with Gasteiger partial charge in [-0.1, -0.05) is 24.6 Å². The van der Waals surface area contributed by atoms with Crippen LogP contribution in [0.15, 0.2) is 30.7 Å². The third-order valence-corrected chi connectivity index (χ3v) is 5.95. The lowest BCUT2D eigenvalue weighted by atomic mass is 9.86. The van der Waals surface area contributed by atoms with E-state index in [0.29, 0.717) is 11.2 Å². The molecule has 0 aliphatic carbocycles. The molecular weight excluding hydrogens is 358 g/mol. The predicted octanol–water partition coefficient (Wildman–Crippen LogP) is 4.66. The molecule has 6 heteroatoms. The molecule has 1 unspecified atom stereocenters. The maximum absolute atomic E-state index is 8.55. The van der Waals surface area contributed by atoms with Crippen LogP contribution in [0.1, 0.15) is 60.4 Å². The van der Waals surface area contributed by atoms with Crippen LogP contribution in [0.3, 0.4) is 0 Å². The van der Waals surface area contributed by atoms with Crippen LogP contribution in [0.5, 0.6) is 0 Å². The molecule has 1 aromatic carbocycles. The molecule has 1 aliphatic rings. The largest absolute Gasteiger partial charge is 0.381 e. The Bertz CT molecular complexity index is 643. The number of aromatic nitrogens is 2. The number of nitrogens with zero attached hydrogens (tertiary/aromatic N) is 1. The van der Waals surface area contributed by atoms with Gasteiger partial charge in [0.25, 0.3) is 0 Å². The molecule has 0 spiro atoms. The van der Waals surface area contributed by atoms with Crippen LogP contribution in [0, 0.1) is 13.8 Å². The smallest absolute Gasteiger partial charge is 0.0921 e. The average Bonchev–Trinajstić information content (AvgIpc) is 3.23. The Morgan fingerprint density at radius 2 is 2.07 bits per heavy atom. The molecule has 0 bridgehead atoms. The molecule has 2 aromatic rings. The molecule has 4 N–H and O–H groups in total. The first-order valence-corrected chi connectivity index (χ1v) is 10.6. The Morgan fingerprint density at radius 3 is 2.67 bits per heavy atom. The number of nitrogens with one attached hydrogen (secondary N) is 1. The SMILES string of the molecule is Cc1cccc(C(CCCCN)c2cnc[nH]2)c1C.OSC1CCOCC1. The number of unbranched alkanes of at least 4 members (excludes halogenated alkanes) is 1. The summed E-state index contributed by atoms with van der Waals surface area (Å²) in [7, 11) is 0. The van der Waals surface area contributed by atoms with Gasteiger partial charge in [0.2, 0.25) is 0 Å². The molecular formula is C21H33N3O2S. The lowest BCUT2D eigenvalue weighted by Crippen LogP contribution is -2.16. The van der Waals surface area contributed by atoms with Gasteiger partial charge in [-0.15, -0.1) is 0 Å². The molecule has 0 saturated carbocycles. The predicted molar refractivity (Wildman–Crippen MR) is 113 cm³/mol. The second-order valence-corrected chi connectivity index (χ2v) is 7.93. The summed E-state index contributed by atoms with van der Waals surface area (Å²) in [6.07, 6.45) is 9.04. The Balaban J connectivity index is 0.000000273. The van der Waals surface area contributed by atoms with E-state index in [4.69, 9.17) is 15.0 Å². The lowest BCUT2D eigenvalue weighted by molar-refractivity contribution is 0.0992. The van der Waals surface area contributed by atoms with Crippen LogP contribution in [0.2, 0.25) is 0 Å². The summed E-state index contributed by atoms with van der Waals surface area (Å²) < 4.78 is 13.6. The number of aromatic amines is 1. The van der Waals surface area contributed by atoms with Crippen molar-refractivity contribution in [3.05, 3.63) is 53.1 Å². The minimum absolute atomic E-state index is 0.397. The number of aryl methyl sites for hydroxylation is 1. The summed E-state index contributed by atoms with van der Waals surface area (Å²) in [6, 6.07) is 6.54. The van der Waals surface area contributed by atoms with Crippen LogP contribution >= 0.6 is 12.0 Å². The zero-order chi connectivity index (χ0) is 19.5. The second kappa shape index (κ2) is 12.2. The molecule has 1 aromatic heterocycles. The third-order valence-electron chi connectivity index (χ3n) is 5.18. The number of imidazole rings is 1. The number of rotatable bonds is 7. The van der Waals surface area contributed by atoms with Crippen LogP contribution in [-0.4, -0.2) is 39.5 Å². The fraction of sp³-hybridized carbons (Fsp3) is 0.571. The van der Waals surface area contributed by atoms with Crippen molar-refractivity contribution < 1.29 is 9.29 Å². The zero-order valence-electron chi connectivity index (χ0n) is 16.5. The van der Waals surface area contributed by atoms with E-state index in [2.05, 4.69) is 42.0 Å². The van der Waals surface area contributed by atoms with Crippen molar-refractivity contribution in [1.29, 1.82) is 0 Å². The van der Waals surface area contributed by atoms with Gasteiger partial charge in [0.15, 0.2) is 0 Å². The van der Waals surface area contributed by atoms with Gasteiger partial charge in [0.05, 0.1) is 6.33 Å². The van der Waals surface area contributed by atoms with Crippen LogP contribution < -0.4 is 5.73 Å². The van der Waals surface area contributed by atoms with Gasteiger partial charge in [0.1, 0.15) is 0 Å². The fourth-order valence-electron chi connectivity index (χ4n) is 3.36. The summed E-state index contributed by atoms with van der Waals surface area (Å²) in [5.41, 5.74) is 10.9. The lowest BCUT2D eigenvalue weighted by Gasteiger charge is -2.19. The molecule has 1 fully saturated rings. The molecule has 27 heavy (non-hydrogen) atoms. The molecule has 1 saturated heterocycles. The quantitative estimate of drug-likeness (QED) is 0.472. The molecule has 0 amide bonds. The van der Waals surface area contributed by atoms with Crippen molar-refractivity contribution in [2.24, 2.45) is 5.73 Å². The van der Waals surface area contributed by atoms with E-state index in [1.54, 1.807) is 6.33 Å². The summed E-state index contributed by atoms with van der Waals surface area (Å²) >= 11 is 0.966. The Kier molecular flexibility index (Phi) is 9.91. The van der Waals surface area contributed by atoms with Crippen molar-refractivity contribution in [1.82, 2.24) is 9.97 Å². The zero-order valence-corrected chi connectivity index (χ0v) is 17.3. The second-order valence-electron chi connectivity index (χ2n) is 7.05. The molecule has 3 rings (SSSR count). The topological polar surface area (TPSA) is 84.2 Å². The number of hydrogen-bond acceptors (Lipinski definition) is 5. The monoisotopic (exact) mass is 391 g/mol. The Morgan fingerprint density at radius 1 is 1.30 bits per heavy atom. The van der Waals surface area contributed by atoms with Crippen LogP contribution in [-0.2, 0) is 4.74 Å². The number of nitrogens with two attached hydrogens (primary N) is 1. The van der Waals surface area contributed by atoms with E-state index < -0.39 is 0 Å². The highest BCUT2D eigenvalue weighted by Gasteiger charge is 2.17. The standard InChI is InChI=1S/C16H23N3.C5H10O2S/c1-12-6-5-8-14(13(12)2)15(7-3-4-9-17)16-10-18-11-19-16;6-8-5-1-3-7-4-2-5/h5-6,8,10-11,15H,3-4,7,9,17H2,1-2H3,(H,18,19);5-6H,1-4H2. The third kappa shape index (κ3) is 6.96. The van der Waals surface area contributed by atoms with Gasteiger partial charge in [-0.05, 0) is 74.8 Å². The molecule has 1 atom stereocenters. The number of ether oxygens (including phenoxy) is 1. The highest BCUT2D eigenvalue weighted by Crippen LogP contribution is 2.31. The molecule has 2 heterocycles. The van der Waals surface area contributed by atoms with Crippen LogP contribution in [0.4, 0.5) is 0 Å². The summed E-state index contributed by atoms with van der Waals surface area (Å²) in [6.45, 7) is 6.78. The number of hydrogen-bond donors (Lipinski definition) is 3. The Labute approximate surface area is 167 Å². The van der Waals surface area contributed by atoms with E-state index in [0.717, 1.165) is 63.9 Å². The molecule has 0 radical (unpaired) electrons. The first-order chi connectivity index (χ1) is 13.2.